The Balaban J connectivity index is 2.34. The number of hydrogen-bond donors (Lipinski definition) is 0. The molecule has 1 amide bonds. The summed E-state index contributed by atoms with van der Waals surface area (Å²) < 4.78 is 1.34. The Morgan fingerprint density at radius 2 is 2.11 bits per heavy atom. The van der Waals surface area contributed by atoms with Gasteiger partial charge in [-0.15, -0.1) is 0 Å². The number of aromatic nitrogens is 3. The number of hydrogen-bond acceptors (Lipinski definition) is 4. The lowest BCUT2D eigenvalue weighted by Gasteiger charge is -2.18. The molecule has 100 valence electrons. The molecular formula is C13H16N4O2. The fourth-order valence-electron chi connectivity index (χ4n) is 1.94. The third kappa shape index (κ3) is 2.62. The van der Waals surface area contributed by atoms with Gasteiger partial charge < -0.3 is 4.90 Å². The van der Waals surface area contributed by atoms with E-state index < -0.39 is 0 Å². The lowest BCUT2D eigenvalue weighted by atomic mass is 10.3. The van der Waals surface area contributed by atoms with E-state index in [0.29, 0.717) is 24.0 Å². The standard InChI is InChI=1S/C13H16N4O2/c1-3-16(4-2)12(18)8-17-9-15-11-7-14-6-5-10(11)13(17)19/h5-7,9H,3-4,8H2,1-2H3. The van der Waals surface area contributed by atoms with Gasteiger partial charge in [0.2, 0.25) is 5.91 Å². The molecule has 2 aromatic rings. The highest BCUT2D eigenvalue weighted by atomic mass is 16.2. The molecule has 6 heteroatoms. The van der Waals surface area contributed by atoms with Crippen molar-refractivity contribution in [2.45, 2.75) is 20.4 Å². The number of amides is 1. The quantitative estimate of drug-likeness (QED) is 0.810. The van der Waals surface area contributed by atoms with E-state index >= 15 is 0 Å². The van der Waals surface area contributed by atoms with Crippen molar-refractivity contribution >= 4 is 16.8 Å². The van der Waals surface area contributed by atoms with Crippen LogP contribution in [0.15, 0.2) is 29.6 Å². The van der Waals surface area contributed by atoms with E-state index in [4.69, 9.17) is 0 Å². The molecule has 0 N–H and O–H groups in total. The number of carbonyl (C=O) groups is 1. The number of carbonyl (C=O) groups excluding carboxylic acids is 1. The molecule has 2 heterocycles. The highest BCUT2D eigenvalue weighted by Crippen LogP contribution is 2.02. The van der Waals surface area contributed by atoms with E-state index in [9.17, 15) is 9.59 Å². The highest BCUT2D eigenvalue weighted by molar-refractivity contribution is 5.78. The predicted molar refractivity (Wildman–Crippen MR) is 71.7 cm³/mol. The van der Waals surface area contributed by atoms with Gasteiger partial charge in [0, 0.05) is 19.3 Å². The summed E-state index contributed by atoms with van der Waals surface area (Å²) >= 11 is 0. The molecule has 0 aromatic carbocycles. The first-order valence-corrected chi connectivity index (χ1v) is 6.24. The Morgan fingerprint density at radius 3 is 2.79 bits per heavy atom. The molecule has 0 atom stereocenters. The number of fused-ring (bicyclic) bond motifs is 1. The van der Waals surface area contributed by atoms with Crippen LogP contribution in [-0.4, -0.2) is 38.4 Å². The molecule has 0 saturated carbocycles. The molecule has 0 unspecified atom stereocenters. The zero-order valence-corrected chi connectivity index (χ0v) is 11.0. The van der Waals surface area contributed by atoms with Crippen molar-refractivity contribution in [3.05, 3.63) is 35.1 Å². The zero-order valence-electron chi connectivity index (χ0n) is 11.0. The monoisotopic (exact) mass is 260 g/mol. The van der Waals surface area contributed by atoms with Crippen molar-refractivity contribution in [2.24, 2.45) is 0 Å². The fourth-order valence-corrected chi connectivity index (χ4v) is 1.94. The summed E-state index contributed by atoms with van der Waals surface area (Å²) in [6.07, 6.45) is 4.48. The predicted octanol–water partition coefficient (Wildman–Crippen LogP) is 0.660. The zero-order chi connectivity index (χ0) is 13.8. The first kappa shape index (κ1) is 13.2. The number of likely N-dealkylation sites (N-methyl/N-ethyl adjacent to an activating group) is 1. The molecule has 2 rings (SSSR count). The summed E-state index contributed by atoms with van der Waals surface area (Å²) in [6, 6.07) is 1.61. The third-order valence-corrected chi connectivity index (χ3v) is 3.05. The molecule has 6 nitrogen and oxygen atoms in total. The van der Waals surface area contributed by atoms with Crippen LogP contribution in [0.4, 0.5) is 0 Å². The third-order valence-electron chi connectivity index (χ3n) is 3.05. The summed E-state index contributed by atoms with van der Waals surface area (Å²) in [5.74, 6) is -0.0812. The normalized spacial score (nSPS) is 10.6. The average molecular weight is 260 g/mol. The van der Waals surface area contributed by atoms with Crippen LogP contribution in [0.25, 0.3) is 10.9 Å². The van der Waals surface area contributed by atoms with Crippen molar-refractivity contribution in [3.8, 4) is 0 Å². The lowest BCUT2D eigenvalue weighted by Crippen LogP contribution is -2.36. The van der Waals surface area contributed by atoms with E-state index in [1.165, 1.54) is 17.1 Å². The highest BCUT2D eigenvalue weighted by Gasteiger charge is 2.12. The second-order valence-electron chi connectivity index (χ2n) is 4.14. The molecule has 0 saturated heterocycles. The number of rotatable bonds is 4. The van der Waals surface area contributed by atoms with Crippen molar-refractivity contribution in [3.63, 3.8) is 0 Å². The van der Waals surface area contributed by atoms with Crippen LogP contribution in [0.3, 0.4) is 0 Å². The largest absolute Gasteiger partial charge is 0.342 e. The van der Waals surface area contributed by atoms with Crippen LogP contribution < -0.4 is 5.56 Å². The maximum atomic E-state index is 12.2. The van der Waals surface area contributed by atoms with Crippen LogP contribution in [0.5, 0.6) is 0 Å². The average Bonchev–Trinajstić information content (AvgIpc) is 2.43. The second-order valence-corrected chi connectivity index (χ2v) is 4.14. The van der Waals surface area contributed by atoms with Gasteiger partial charge in [0.05, 0.1) is 23.4 Å². The molecule has 0 radical (unpaired) electrons. The molecule has 0 spiro atoms. The Bertz CT molecular complexity index is 646. The molecule has 0 bridgehead atoms. The van der Waals surface area contributed by atoms with Crippen molar-refractivity contribution in [1.82, 2.24) is 19.4 Å². The molecule has 2 aromatic heterocycles. The van der Waals surface area contributed by atoms with Gasteiger partial charge >= 0.3 is 0 Å². The van der Waals surface area contributed by atoms with Crippen LogP contribution in [-0.2, 0) is 11.3 Å². The van der Waals surface area contributed by atoms with E-state index in [0.717, 1.165) is 0 Å². The van der Waals surface area contributed by atoms with Crippen LogP contribution >= 0.6 is 0 Å². The Labute approximate surface area is 110 Å². The van der Waals surface area contributed by atoms with Crippen LogP contribution in [0.1, 0.15) is 13.8 Å². The molecule has 0 aliphatic heterocycles. The van der Waals surface area contributed by atoms with Crippen molar-refractivity contribution in [1.29, 1.82) is 0 Å². The Morgan fingerprint density at radius 1 is 1.37 bits per heavy atom. The van der Waals surface area contributed by atoms with Gasteiger partial charge in [-0.1, -0.05) is 0 Å². The van der Waals surface area contributed by atoms with Gasteiger partial charge in [0.25, 0.3) is 5.56 Å². The fraction of sp³-hybridized carbons (Fsp3) is 0.385. The van der Waals surface area contributed by atoms with Crippen LogP contribution in [0.2, 0.25) is 0 Å². The summed E-state index contributed by atoms with van der Waals surface area (Å²) in [7, 11) is 0. The summed E-state index contributed by atoms with van der Waals surface area (Å²) in [5.41, 5.74) is 0.326. The Kier molecular flexibility index (Phi) is 3.89. The molecular weight excluding hydrogens is 244 g/mol. The van der Waals surface area contributed by atoms with Crippen molar-refractivity contribution in [2.75, 3.05) is 13.1 Å². The maximum Gasteiger partial charge on any atom is 0.261 e. The smallest absolute Gasteiger partial charge is 0.261 e. The van der Waals surface area contributed by atoms with E-state index in [1.54, 1.807) is 17.2 Å². The minimum Gasteiger partial charge on any atom is -0.342 e. The second kappa shape index (κ2) is 5.60. The molecule has 0 fully saturated rings. The van der Waals surface area contributed by atoms with E-state index in [1.807, 2.05) is 13.8 Å². The SMILES string of the molecule is CCN(CC)C(=O)Cn1cnc2cnccc2c1=O. The Hall–Kier alpha value is -2.24. The lowest BCUT2D eigenvalue weighted by molar-refractivity contribution is -0.131. The van der Waals surface area contributed by atoms with E-state index in [2.05, 4.69) is 9.97 Å². The first-order chi connectivity index (χ1) is 9.17. The summed E-state index contributed by atoms with van der Waals surface area (Å²) in [5, 5.41) is 0.477. The van der Waals surface area contributed by atoms with Gasteiger partial charge in [0.1, 0.15) is 6.54 Å². The number of nitrogens with zero attached hydrogens (tertiary/aromatic N) is 4. The van der Waals surface area contributed by atoms with Crippen LogP contribution in [0, 0.1) is 0 Å². The molecule has 19 heavy (non-hydrogen) atoms. The maximum absolute atomic E-state index is 12.2. The first-order valence-electron chi connectivity index (χ1n) is 6.24. The van der Waals surface area contributed by atoms with Gasteiger partial charge in [-0.2, -0.15) is 0 Å². The minimum atomic E-state index is -0.215. The van der Waals surface area contributed by atoms with Gasteiger partial charge in [-0.05, 0) is 19.9 Å². The molecule has 0 aliphatic rings. The topological polar surface area (TPSA) is 68.1 Å². The van der Waals surface area contributed by atoms with Gasteiger partial charge in [-0.3, -0.25) is 19.1 Å². The van der Waals surface area contributed by atoms with Crippen molar-refractivity contribution < 1.29 is 4.79 Å². The summed E-state index contributed by atoms with van der Waals surface area (Å²) in [4.78, 5) is 33.9. The van der Waals surface area contributed by atoms with E-state index in [-0.39, 0.29) is 18.0 Å². The summed E-state index contributed by atoms with van der Waals surface area (Å²) in [6.45, 7) is 5.11. The minimum absolute atomic E-state index is 0.0196. The van der Waals surface area contributed by atoms with Gasteiger partial charge in [-0.25, -0.2) is 4.98 Å². The van der Waals surface area contributed by atoms with Gasteiger partial charge in [0.15, 0.2) is 0 Å². The number of pyridine rings is 1. The molecule has 0 aliphatic carbocycles.